The number of aryl methyl sites for hydroxylation is 1. The summed E-state index contributed by atoms with van der Waals surface area (Å²) in [7, 11) is 0. The molecule has 5 nitrogen and oxygen atoms in total. The minimum Gasteiger partial charge on any atom is -0.397 e. The lowest BCUT2D eigenvalue weighted by Gasteiger charge is -2.41. The van der Waals surface area contributed by atoms with Gasteiger partial charge in [-0.2, -0.15) is 0 Å². The highest BCUT2D eigenvalue weighted by Gasteiger charge is 2.25. The fourth-order valence-electron chi connectivity index (χ4n) is 3.39. The van der Waals surface area contributed by atoms with E-state index in [-0.39, 0.29) is 5.91 Å². The maximum Gasteiger partial charge on any atom is 0.224 e. The van der Waals surface area contributed by atoms with E-state index in [0.717, 1.165) is 55.2 Å². The van der Waals surface area contributed by atoms with Gasteiger partial charge in [-0.15, -0.1) is 0 Å². The molecule has 5 heteroatoms. The second kappa shape index (κ2) is 5.56. The molecule has 0 spiro atoms. The number of anilines is 3. The van der Waals surface area contributed by atoms with Gasteiger partial charge in [-0.3, -0.25) is 9.69 Å². The van der Waals surface area contributed by atoms with E-state index in [0.29, 0.717) is 12.5 Å². The van der Waals surface area contributed by atoms with Gasteiger partial charge in [0.2, 0.25) is 5.91 Å². The van der Waals surface area contributed by atoms with E-state index in [1.165, 1.54) is 0 Å². The van der Waals surface area contributed by atoms with Crippen LogP contribution in [0.4, 0.5) is 17.1 Å². The molecule has 3 rings (SSSR count). The van der Waals surface area contributed by atoms with E-state index < -0.39 is 0 Å². The van der Waals surface area contributed by atoms with Crippen molar-refractivity contribution < 1.29 is 4.79 Å². The molecule has 1 aromatic rings. The largest absolute Gasteiger partial charge is 0.397 e. The zero-order valence-corrected chi connectivity index (χ0v) is 12.9. The van der Waals surface area contributed by atoms with Gasteiger partial charge >= 0.3 is 0 Å². The number of carbonyl (C=O) groups is 1. The topological polar surface area (TPSA) is 61.6 Å². The van der Waals surface area contributed by atoms with Crippen LogP contribution in [0.25, 0.3) is 0 Å². The third kappa shape index (κ3) is 2.70. The third-order valence-electron chi connectivity index (χ3n) is 4.66. The lowest BCUT2D eigenvalue weighted by atomic mass is 10.0. The normalized spacial score (nSPS) is 22.9. The van der Waals surface area contributed by atoms with Gasteiger partial charge in [0.05, 0.1) is 11.4 Å². The van der Waals surface area contributed by atoms with Crippen molar-refractivity contribution in [3.8, 4) is 0 Å². The number of hydrogen-bond donors (Lipinski definition) is 2. The van der Waals surface area contributed by atoms with Gasteiger partial charge in [0.15, 0.2) is 0 Å². The molecule has 2 heterocycles. The first kappa shape index (κ1) is 14.2. The predicted molar refractivity (Wildman–Crippen MR) is 86.7 cm³/mol. The third-order valence-corrected chi connectivity index (χ3v) is 4.66. The van der Waals surface area contributed by atoms with Crippen molar-refractivity contribution in [1.29, 1.82) is 0 Å². The molecule has 0 aliphatic carbocycles. The summed E-state index contributed by atoms with van der Waals surface area (Å²) in [5, 5.41) is 2.97. The van der Waals surface area contributed by atoms with Gasteiger partial charge < -0.3 is 16.0 Å². The fraction of sp³-hybridized carbons (Fsp3) is 0.562. The smallest absolute Gasteiger partial charge is 0.224 e. The number of likely N-dealkylation sites (N-methyl/N-ethyl adjacent to an activating group) is 1. The summed E-state index contributed by atoms with van der Waals surface area (Å²) in [6.07, 6.45) is 1.34. The Balaban J connectivity index is 1.86. The Labute approximate surface area is 126 Å². The number of benzene rings is 1. The Morgan fingerprint density at radius 2 is 2.14 bits per heavy atom. The van der Waals surface area contributed by atoms with Gasteiger partial charge in [-0.05, 0) is 37.6 Å². The number of hydrogen-bond acceptors (Lipinski definition) is 4. The molecule has 1 saturated heterocycles. The van der Waals surface area contributed by atoms with Gasteiger partial charge in [-0.25, -0.2) is 0 Å². The predicted octanol–water partition coefficient (Wildman–Crippen LogP) is 1.68. The van der Waals surface area contributed by atoms with Gasteiger partial charge in [0.1, 0.15) is 0 Å². The second-order valence-electron chi connectivity index (χ2n) is 6.04. The van der Waals surface area contributed by atoms with E-state index >= 15 is 0 Å². The summed E-state index contributed by atoms with van der Waals surface area (Å²) in [4.78, 5) is 16.4. The number of nitrogens with two attached hydrogens (primary N) is 1. The summed E-state index contributed by atoms with van der Waals surface area (Å²) in [6, 6.07) is 4.60. The summed E-state index contributed by atoms with van der Waals surface area (Å²) < 4.78 is 0. The SMILES string of the molecule is CCN1CCN(c2cc3c(cc2N)CCC(=O)N3)CC1C. The number of nitrogens with one attached hydrogen (secondary N) is 1. The molecule has 0 bridgehead atoms. The molecule has 0 saturated carbocycles. The Hall–Kier alpha value is -1.75. The van der Waals surface area contributed by atoms with E-state index in [1.54, 1.807) is 0 Å². The van der Waals surface area contributed by atoms with E-state index in [4.69, 9.17) is 5.73 Å². The molecule has 114 valence electrons. The highest BCUT2D eigenvalue weighted by atomic mass is 16.1. The molecule has 1 unspecified atom stereocenters. The summed E-state index contributed by atoms with van der Waals surface area (Å²) >= 11 is 0. The molecule has 2 aliphatic rings. The minimum absolute atomic E-state index is 0.0994. The second-order valence-corrected chi connectivity index (χ2v) is 6.04. The Morgan fingerprint density at radius 1 is 1.33 bits per heavy atom. The Morgan fingerprint density at radius 3 is 2.86 bits per heavy atom. The summed E-state index contributed by atoms with van der Waals surface area (Å²) in [5.74, 6) is 0.0994. The first-order chi connectivity index (χ1) is 10.1. The van der Waals surface area contributed by atoms with Gasteiger partial charge in [0.25, 0.3) is 0 Å². The molecule has 1 aromatic carbocycles. The number of nitrogens with zero attached hydrogens (tertiary/aromatic N) is 2. The molecule has 1 atom stereocenters. The number of fused-ring (bicyclic) bond motifs is 1. The molecule has 0 aromatic heterocycles. The quantitative estimate of drug-likeness (QED) is 0.813. The van der Waals surface area contributed by atoms with Crippen LogP contribution in [-0.2, 0) is 11.2 Å². The van der Waals surface area contributed by atoms with Crippen LogP contribution < -0.4 is 16.0 Å². The van der Waals surface area contributed by atoms with Crippen LogP contribution in [0.5, 0.6) is 0 Å². The monoisotopic (exact) mass is 288 g/mol. The highest BCUT2D eigenvalue weighted by Crippen LogP contribution is 2.34. The van der Waals surface area contributed by atoms with Crippen molar-refractivity contribution in [3.05, 3.63) is 17.7 Å². The van der Waals surface area contributed by atoms with Crippen LogP contribution in [0.2, 0.25) is 0 Å². The zero-order valence-electron chi connectivity index (χ0n) is 12.9. The van der Waals surface area contributed by atoms with Crippen molar-refractivity contribution in [1.82, 2.24) is 4.90 Å². The van der Waals surface area contributed by atoms with Crippen molar-refractivity contribution in [2.75, 3.05) is 42.1 Å². The van der Waals surface area contributed by atoms with Crippen LogP contribution in [0, 0.1) is 0 Å². The van der Waals surface area contributed by atoms with E-state index in [9.17, 15) is 4.79 Å². The molecule has 1 amide bonds. The Kier molecular flexibility index (Phi) is 3.76. The van der Waals surface area contributed by atoms with Crippen molar-refractivity contribution in [2.24, 2.45) is 0 Å². The van der Waals surface area contributed by atoms with Crippen LogP contribution in [-0.4, -0.2) is 43.0 Å². The van der Waals surface area contributed by atoms with Gasteiger partial charge in [0, 0.05) is 37.8 Å². The minimum atomic E-state index is 0.0994. The lowest BCUT2D eigenvalue weighted by molar-refractivity contribution is -0.116. The number of nitrogen functional groups attached to an aromatic ring is 1. The fourth-order valence-corrected chi connectivity index (χ4v) is 3.39. The summed E-state index contributed by atoms with van der Waals surface area (Å²) in [5.41, 5.74) is 10.2. The molecular weight excluding hydrogens is 264 g/mol. The average Bonchev–Trinajstić information content (AvgIpc) is 2.47. The van der Waals surface area contributed by atoms with Crippen molar-refractivity contribution in [2.45, 2.75) is 32.7 Å². The van der Waals surface area contributed by atoms with E-state index in [2.05, 4.69) is 35.0 Å². The number of piperazine rings is 1. The molecular formula is C16H24N4O. The number of rotatable bonds is 2. The summed E-state index contributed by atoms with van der Waals surface area (Å²) in [6.45, 7) is 8.56. The molecule has 0 radical (unpaired) electrons. The standard InChI is InChI=1S/C16H24N4O/c1-3-19-6-7-20(10-11(19)2)15-9-14-12(8-13(15)17)4-5-16(21)18-14/h8-9,11H,3-7,10,17H2,1-2H3,(H,18,21). The maximum absolute atomic E-state index is 11.6. The van der Waals surface area contributed by atoms with Crippen LogP contribution in [0.1, 0.15) is 25.8 Å². The van der Waals surface area contributed by atoms with Gasteiger partial charge in [-0.1, -0.05) is 6.92 Å². The average molecular weight is 288 g/mol. The van der Waals surface area contributed by atoms with E-state index in [1.807, 2.05) is 6.07 Å². The lowest BCUT2D eigenvalue weighted by Crippen LogP contribution is -2.51. The first-order valence-electron chi connectivity index (χ1n) is 7.79. The highest BCUT2D eigenvalue weighted by molar-refractivity contribution is 5.95. The molecule has 21 heavy (non-hydrogen) atoms. The molecule has 3 N–H and O–H groups in total. The van der Waals surface area contributed by atoms with Crippen LogP contribution in [0.3, 0.4) is 0 Å². The van der Waals surface area contributed by atoms with Crippen molar-refractivity contribution >= 4 is 23.0 Å². The maximum atomic E-state index is 11.6. The molecule has 1 fully saturated rings. The van der Waals surface area contributed by atoms with Crippen LogP contribution >= 0.6 is 0 Å². The molecule has 2 aliphatic heterocycles. The number of amides is 1. The van der Waals surface area contributed by atoms with Crippen molar-refractivity contribution in [3.63, 3.8) is 0 Å². The number of carbonyl (C=O) groups excluding carboxylic acids is 1. The Bertz CT molecular complexity index is 557. The first-order valence-corrected chi connectivity index (χ1v) is 7.79. The zero-order chi connectivity index (χ0) is 15.0. The van der Waals surface area contributed by atoms with Crippen LogP contribution in [0.15, 0.2) is 12.1 Å².